The SMILES string of the molecule is CCC(C)(C)c1ccc(OCC(=O)Nc2ccc(Cl)c(NC(=O)c3ccc4ccccc4c3O)c2)c(C(C)(C)CC)c1. The third kappa shape index (κ3) is 6.71. The van der Waals surface area contributed by atoms with Gasteiger partial charge in [-0.3, -0.25) is 9.59 Å². The van der Waals surface area contributed by atoms with Crippen LogP contribution in [-0.2, 0) is 15.6 Å². The van der Waals surface area contributed by atoms with E-state index in [1.807, 2.05) is 18.2 Å². The first-order valence-corrected chi connectivity index (χ1v) is 14.6. The van der Waals surface area contributed by atoms with Gasteiger partial charge in [-0.2, -0.15) is 0 Å². The number of anilines is 2. The minimum Gasteiger partial charge on any atom is -0.506 e. The molecule has 4 aromatic rings. The summed E-state index contributed by atoms with van der Waals surface area (Å²) in [5.74, 6) is -0.292. The van der Waals surface area contributed by atoms with Gasteiger partial charge in [0, 0.05) is 16.6 Å². The van der Waals surface area contributed by atoms with Crippen molar-refractivity contribution in [3.05, 3.63) is 94.5 Å². The molecule has 220 valence electrons. The zero-order valence-electron chi connectivity index (χ0n) is 25.1. The highest BCUT2D eigenvalue weighted by Gasteiger charge is 2.27. The Morgan fingerprint density at radius 2 is 1.57 bits per heavy atom. The van der Waals surface area contributed by atoms with Gasteiger partial charge in [0.15, 0.2) is 6.61 Å². The lowest BCUT2D eigenvalue weighted by molar-refractivity contribution is -0.118. The van der Waals surface area contributed by atoms with E-state index in [1.54, 1.807) is 42.5 Å². The number of amides is 2. The van der Waals surface area contributed by atoms with Crippen LogP contribution in [0.25, 0.3) is 10.8 Å². The van der Waals surface area contributed by atoms with Crippen molar-refractivity contribution >= 4 is 45.6 Å². The molecule has 0 aromatic heterocycles. The lowest BCUT2D eigenvalue weighted by Crippen LogP contribution is -2.24. The number of halogens is 1. The average Bonchev–Trinajstić information content (AvgIpc) is 2.97. The summed E-state index contributed by atoms with van der Waals surface area (Å²) >= 11 is 6.35. The molecule has 0 aliphatic rings. The first-order valence-electron chi connectivity index (χ1n) is 14.3. The average molecular weight is 587 g/mol. The molecular formula is C35H39ClN2O4. The van der Waals surface area contributed by atoms with Gasteiger partial charge in [0.25, 0.3) is 11.8 Å². The van der Waals surface area contributed by atoms with E-state index in [4.69, 9.17) is 16.3 Å². The molecule has 0 saturated heterocycles. The molecule has 0 aliphatic heterocycles. The summed E-state index contributed by atoms with van der Waals surface area (Å²) in [7, 11) is 0. The van der Waals surface area contributed by atoms with Crippen LogP contribution in [0.2, 0.25) is 5.02 Å². The summed E-state index contributed by atoms with van der Waals surface area (Å²) < 4.78 is 6.05. The van der Waals surface area contributed by atoms with Crippen LogP contribution < -0.4 is 15.4 Å². The van der Waals surface area contributed by atoms with Gasteiger partial charge < -0.3 is 20.5 Å². The number of hydrogen-bond donors (Lipinski definition) is 3. The fourth-order valence-electron chi connectivity index (χ4n) is 4.67. The van der Waals surface area contributed by atoms with E-state index < -0.39 is 5.91 Å². The third-order valence-electron chi connectivity index (χ3n) is 8.26. The number of phenols is 1. The summed E-state index contributed by atoms with van der Waals surface area (Å²) in [6.07, 6.45) is 1.93. The topological polar surface area (TPSA) is 87.7 Å². The lowest BCUT2D eigenvalue weighted by atomic mass is 9.76. The molecule has 3 N–H and O–H groups in total. The number of benzene rings is 4. The van der Waals surface area contributed by atoms with Crippen molar-refractivity contribution in [2.45, 2.75) is 65.2 Å². The number of nitrogens with one attached hydrogen (secondary N) is 2. The number of aromatic hydroxyl groups is 1. The highest BCUT2D eigenvalue weighted by molar-refractivity contribution is 6.34. The highest BCUT2D eigenvalue weighted by Crippen LogP contribution is 2.38. The maximum absolute atomic E-state index is 13.0. The number of carbonyl (C=O) groups is 2. The predicted molar refractivity (Wildman–Crippen MR) is 172 cm³/mol. The van der Waals surface area contributed by atoms with Crippen molar-refractivity contribution in [3.8, 4) is 11.5 Å². The standard InChI is InChI=1S/C35H39ClN2O4/c1-7-34(3,4)23-14-18-30(27(19-23)35(5,6)8-2)42-21-31(39)37-24-15-17-28(36)29(20-24)38-33(41)26-16-13-22-11-9-10-12-25(22)32(26)40/h9-20,40H,7-8,21H2,1-6H3,(H,37,39)(H,38,41). The fraction of sp³-hybridized carbons (Fsp3) is 0.314. The van der Waals surface area contributed by atoms with Gasteiger partial charge in [0.2, 0.25) is 0 Å². The molecule has 42 heavy (non-hydrogen) atoms. The van der Waals surface area contributed by atoms with Crippen molar-refractivity contribution in [2.75, 3.05) is 17.2 Å². The number of phenolic OH excluding ortho intramolecular Hbond substituents is 1. The highest BCUT2D eigenvalue weighted by atomic mass is 35.5. The molecule has 0 aliphatic carbocycles. The van der Waals surface area contributed by atoms with Gasteiger partial charge in [0.05, 0.1) is 16.3 Å². The number of hydrogen-bond acceptors (Lipinski definition) is 4. The summed E-state index contributed by atoms with van der Waals surface area (Å²) in [5.41, 5.74) is 3.08. The molecule has 0 bridgehead atoms. The van der Waals surface area contributed by atoms with E-state index in [1.165, 1.54) is 5.56 Å². The second kappa shape index (κ2) is 12.5. The lowest BCUT2D eigenvalue weighted by Gasteiger charge is -2.30. The number of ether oxygens (including phenoxy) is 1. The summed E-state index contributed by atoms with van der Waals surface area (Å²) in [6.45, 7) is 13.0. The van der Waals surface area contributed by atoms with Crippen LogP contribution in [-0.4, -0.2) is 23.5 Å². The van der Waals surface area contributed by atoms with Crippen LogP contribution in [0.5, 0.6) is 11.5 Å². The molecule has 0 fully saturated rings. The quantitative estimate of drug-likeness (QED) is 0.173. The maximum atomic E-state index is 13.0. The second-order valence-corrected chi connectivity index (χ2v) is 12.3. The van der Waals surface area contributed by atoms with Gasteiger partial charge in [-0.05, 0) is 65.0 Å². The van der Waals surface area contributed by atoms with E-state index in [0.717, 1.165) is 23.8 Å². The zero-order chi connectivity index (χ0) is 30.7. The molecular weight excluding hydrogens is 548 g/mol. The minimum atomic E-state index is -0.521. The van der Waals surface area contributed by atoms with Crippen LogP contribution in [0.3, 0.4) is 0 Å². The Labute approximate surface area is 253 Å². The first-order chi connectivity index (χ1) is 19.9. The van der Waals surface area contributed by atoms with Crippen molar-refractivity contribution in [3.63, 3.8) is 0 Å². The van der Waals surface area contributed by atoms with Crippen molar-refractivity contribution < 1.29 is 19.4 Å². The third-order valence-corrected chi connectivity index (χ3v) is 8.59. The molecule has 7 heteroatoms. The minimum absolute atomic E-state index is 0.0310. The molecule has 0 heterocycles. The summed E-state index contributed by atoms with van der Waals surface area (Å²) in [5, 5.41) is 17.9. The Hall–Kier alpha value is -4.03. The number of fused-ring (bicyclic) bond motifs is 1. The van der Waals surface area contributed by atoms with Gasteiger partial charge in [-0.1, -0.05) is 95.6 Å². The van der Waals surface area contributed by atoms with E-state index in [2.05, 4.69) is 64.3 Å². The molecule has 0 spiro atoms. The van der Waals surface area contributed by atoms with Crippen LogP contribution in [0, 0.1) is 0 Å². The van der Waals surface area contributed by atoms with Crippen LogP contribution in [0.4, 0.5) is 11.4 Å². The Kier molecular flexibility index (Phi) is 9.17. The predicted octanol–water partition coefficient (Wildman–Crippen LogP) is 8.84. The summed E-state index contributed by atoms with van der Waals surface area (Å²) in [6, 6.07) is 21.7. The second-order valence-electron chi connectivity index (χ2n) is 11.9. The van der Waals surface area contributed by atoms with Gasteiger partial charge in [-0.15, -0.1) is 0 Å². The molecule has 0 radical (unpaired) electrons. The first kappa shape index (κ1) is 30.9. The molecule has 6 nitrogen and oxygen atoms in total. The van der Waals surface area contributed by atoms with Crippen molar-refractivity contribution in [2.24, 2.45) is 0 Å². The summed E-state index contributed by atoms with van der Waals surface area (Å²) in [4.78, 5) is 25.9. The monoisotopic (exact) mass is 586 g/mol. The Morgan fingerprint density at radius 3 is 2.29 bits per heavy atom. The van der Waals surface area contributed by atoms with Crippen LogP contribution in [0.15, 0.2) is 72.8 Å². The van der Waals surface area contributed by atoms with Crippen molar-refractivity contribution in [1.82, 2.24) is 0 Å². The van der Waals surface area contributed by atoms with Gasteiger partial charge in [-0.25, -0.2) is 0 Å². The van der Waals surface area contributed by atoms with Crippen LogP contribution in [0.1, 0.15) is 75.9 Å². The molecule has 4 rings (SSSR count). The van der Waals surface area contributed by atoms with E-state index >= 15 is 0 Å². The molecule has 0 unspecified atom stereocenters. The number of carbonyl (C=O) groups excluding carboxylic acids is 2. The molecule has 0 saturated carbocycles. The molecule has 0 atom stereocenters. The Bertz CT molecular complexity index is 1630. The largest absolute Gasteiger partial charge is 0.506 e. The Morgan fingerprint density at radius 1 is 0.857 bits per heavy atom. The zero-order valence-corrected chi connectivity index (χ0v) is 25.9. The van der Waals surface area contributed by atoms with Crippen LogP contribution >= 0.6 is 11.6 Å². The fourth-order valence-corrected chi connectivity index (χ4v) is 4.83. The normalized spacial score (nSPS) is 11.8. The Balaban J connectivity index is 1.47. The van der Waals surface area contributed by atoms with Gasteiger partial charge >= 0.3 is 0 Å². The number of rotatable bonds is 10. The smallest absolute Gasteiger partial charge is 0.262 e. The van der Waals surface area contributed by atoms with Crippen molar-refractivity contribution in [1.29, 1.82) is 0 Å². The van der Waals surface area contributed by atoms with E-state index in [9.17, 15) is 14.7 Å². The molecule has 4 aromatic carbocycles. The maximum Gasteiger partial charge on any atom is 0.262 e. The van der Waals surface area contributed by atoms with Gasteiger partial charge in [0.1, 0.15) is 11.5 Å². The van der Waals surface area contributed by atoms with E-state index in [0.29, 0.717) is 27.5 Å². The van der Waals surface area contributed by atoms with E-state index in [-0.39, 0.29) is 34.7 Å². The molecule has 2 amide bonds.